The minimum Gasteiger partial charge on any atom is -0.405 e. The highest BCUT2D eigenvalue weighted by Crippen LogP contribution is 1.78. The van der Waals surface area contributed by atoms with Gasteiger partial charge in [-0.3, -0.25) is 0 Å². The molecule has 0 aromatic carbocycles. The van der Waals surface area contributed by atoms with E-state index in [0.29, 0.717) is 0 Å². The Balaban J connectivity index is 2.98. The van der Waals surface area contributed by atoms with Gasteiger partial charge >= 0.3 is 0 Å². The molecule has 0 rings (SSSR count). The van der Waals surface area contributed by atoms with Gasteiger partial charge in [-0.05, 0) is 18.8 Å². The quantitative estimate of drug-likeness (QED) is 0.522. The zero-order valence-electron chi connectivity index (χ0n) is 4.17. The van der Waals surface area contributed by atoms with E-state index in [4.69, 9.17) is 11.5 Å². The Labute approximate surface area is 43.5 Å². The van der Waals surface area contributed by atoms with Gasteiger partial charge in [0.25, 0.3) is 0 Å². The fourth-order valence-electron chi connectivity index (χ4n) is 0.236. The van der Waals surface area contributed by atoms with Gasteiger partial charge in [-0.25, -0.2) is 0 Å². The molecule has 0 saturated carbocycles. The first-order chi connectivity index (χ1) is 3.41. The lowest BCUT2D eigenvalue weighted by molar-refractivity contribution is 1.34. The molecular weight excluding hydrogens is 88.1 g/mol. The minimum atomic E-state index is 0.826. The second-order valence-electron chi connectivity index (χ2n) is 1.09. The predicted octanol–water partition coefficient (Wildman–Crippen LogP) is 0.321. The third-order valence-corrected chi connectivity index (χ3v) is 0.544. The van der Waals surface area contributed by atoms with Crippen LogP contribution >= 0.6 is 0 Å². The number of rotatable bonds is 2. The molecule has 0 fully saturated rings. The van der Waals surface area contributed by atoms with Gasteiger partial charge in [-0.1, -0.05) is 12.2 Å². The lowest BCUT2D eigenvalue weighted by Gasteiger charge is -1.74. The highest BCUT2D eigenvalue weighted by Gasteiger charge is 1.61. The summed E-state index contributed by atoms with van der Waals surface area (Å²) < 4.78 is 0. The first kappa shape index (κ1) is 6.08. The van der Waals surface area contributed by atoms with E-state index in [1.54, 1.807) is 0 Å². The van der Waals surface area contributed by atoms with Gasteiger partial charge in [0.2, 0.25) is 0 Å². The molecule has 0 saturated heterocycles. The van der Waals surface area contributed by atoms with Gasteiger partial charge in [0.15, 0.2) is 0 Å². The van der Waals surface area contributed by atoms with Crippen molar-refractivity contribution in [3.05, 3.63) is 24.6 Å². The van der Waals surface area contributed by atoms with Crippen molar-refractivity contribution >= 4 is 0 Å². The van der Waals surface area contributed by atoms with Gasteiger partial charge < -0.3 is 11.5 Å². The molecular formula is C5H10N2. The van der Waals surface area contributed by atoms with Crippen LogP contribution < -0.4 is 11.5 Å². The van der Waals surface area contributed by atoms with Crippen LogP contribution in [0.4, 0.5) is 0 Å². The summed E-state index contributed by atoms with van der Waals surface area (Å²) in [5.74, 6) is 0. The summed E-state index contributed by atoms with van der Waals surface area (Å²) in [7, 11) is 0. The van der Waals surface area contributed by atoms with Crippen molar-refractivity contribution in [2.24, 2.45) is 11.5 Å². The Morgan fingerprint density at radius 2 is 1.43 bits per heavy atom. The summed E-state index contributed by atoms with van der Waals surface area (Å²) in [6, 6.07) is 0. The van der Waals surface area contributed by atoms with Gasteiger partial charge in [0, 0.05) is 0 Å². The molecule has 2 nitrogen and oxygen atoms in total. The van der Waals surface area contributed by atoms with Crippen molar-refractivity contribution in [2.75, 3.05) is 0 Å². The van der Waals surface area contributed by atoms with E-state index in [-0.39, 0.29) is 0 Å². The first-order valence-electron chi connectivity index (χ1n) is 2.15. The van der Waals surface area contributed by atoms with E-state index in [1.165, 1.54) is 12.4 Å². The lowest BCUT2D eigenvalue weighted by Crippen LogP contribution is -1.76. The molecule has 0 radical (unpaired) electrons. The molecule has 0 aliphatic heterocycles. The zero-order valence-corrected chi connectivity index (χ0v) is 4.17. The van der Waals surface area contributed by atoms with Crippen molar-refractivity contribution < 1.29 is 0 Å². The van der Waals surface area contributed by atoms with Crippen molar-refractivity contribution in [1.82, 2.24) is 0 Å². The Morgan fingerprint density at radius 3 is 1.71 bits per heavy atom. The number of nitrogens with two attached hydrogens (primary N) is 2. The zero-order chi connectivity index (χ0) is 5.54. The standard InChI is InChI=1S/C5H10N2/c6-4-2-1-3-5-7/h2-5H,1,6-7H2/b4-2+,5-3+. The summed E-state index contributed by atoms with van der Waals surface area (Å²) in [4.78, 5) is 0. The van der Waals surface area contributed by atoms with Gasteiger partial charge in [-0.2, -0.15) is 0 Å². The van der Waals surface area contributed by atoms with Crippen LogP contribution in [-0.2, 0) is 0 Å². The molecule has 0 bridgehead atoms. The third kappa shape index (κ3) is 5.08. The number of hydrogen-bond acceptors (Lipinski definition) is 2. The van der Waals surface area contributed by atoms with Crippen LogP contribution in [-0.4, -0.2) is 0 Å². The Bertz CT molecular complexity index is 64.1. The Morgan fingerprint density at radius 1 is 1.00 bits per heavy atom. The molecule has 0 aliphatic rings. The number of hydrogen-bond donors (Lipinski definition) is 2. The highest BCUT2D eigenvalue weighted by molar-refractivity contribution is 4.87. The normalized spacial score (nSPS) is 11.4. The molecule has 0 aromatic heterocycles. The van der Waals surface area contributed by atoms with E-state index < -0.39 is 0 Å². The average molecular weight is 98.1 g/mol. The molecule has 4 N–H and O–H groups in total. The van der Waals surface area contributed by atoms with Crippen LogP contribution in [0.1, 0.15) is 6.42 Å². The van der Waals surface area contributed by atoms with Crippen LogP contribution in [0.2, 0.25) is 0 Å². The smallest absolute Gasteiger partial charge is 0.00999 e. The molecule has 0 aromatic rings. The maximum Gasteiger partial charge on any atom is -0.00999 e. The fraction of sp³-hybridized carbons (Fsp3) is 0.200. The van der Waals surface area contributed by atoms with Gasteiger partial charge in [0.05, 0.1) is 0 Å². The van der Waals surface area contributed by atoms with E-state index in [2.05, 4.69) is 0 Å². The molecule has 0 amide bonds. The summed E-state index contributed by atoms with van der Waals surface area (Å²) in [5.41, 5.74) is 10.0. The summed E-state index contributed by atoms with van der Waals surface area (Å²) in [6.07, 6.45) is 7.47. The van der Waals surface area contributed by atoms with Crippen LogP contribution in [0.15, 0.2) is 24.6 Å². The van der Waals surface area contributed by atoms with Gasteiger partial charge in [0.1, 0.15) is 0 Å². The first-order valence-corrected chi connectivity index (χ1v) is 2.15. The van der Waals surface area contributed by atoms with E-state index in [9.17, 15) is 0 Å². The van der Waals surface area contributed by atoms with E-state index >= 15 is 0 Å². The summed E-state index contributed by atoms with van der Waals surface area (Å²) in [5, 5.41) is 0. The second-order valence-corrected chi connectivity index (χ2v) is 1.09. The average Bonchev–Trinajstić information content (AvgIpc) is 1.69. The van der Waals surface area contributed by atoms with Crippen molar-refractivity contribution in [1.29, 1.82) is 0 Å². The van der Waals surface area contributed by atoms with Crippen LogP contribution in [0.3, 0.4) is 0 Å². The molecule has 0 unspecified atom stereocenters. The minimum absolute atomic E-state index is 0.826. The molecule has 0 spiro atoms. The maximum atomic E-state index is 5.01. The van der Waals surface area contributed by atoms with E-state index in [0.717, 1.165) is 6.42 Å². The summed E-state index contributed by atoms with van der Waals surface area (Å²) >= 11 is 0. The molecule has 7 heavy (non-hydrogen) atoms. The molecule has 40 valence electrons. The maximum absolute atomic E-state index is 5.01. The van der Waals surface area contributed by atoms with Crippen LogP contribution in [0, 0.1) is 0 Å². The van der Waals surface area contributed by atoms with Crippen molar-refractivity contribution in [3.63, 3.8) is 0 Å². The van der Waals surface area contributed by atoms with Crippen LogP contribution in [0.25, 0.3) is 0 Å². The highest BCUT2D eigenvalue weighted by atomic mass is 14.5. The van der Waals surface area contributed by atoms with Crippen molar-refractivity contribution in [2.45, 2.75) is 6.42 Å². The molecule has 0 heterocycles. The van der Waals surface area contributed by atoms with E-state index in [1.807, 2.05) is 12.2 Å². The SMILES string of the molecule is N/C=C/C/C=C/N. The fourth-order valence-corrected chi connectivity index (χ4v) is 0.236. The summed E-state index contributed by atoms with van der Waals surface area (Å²) in [6.45, 7) is 0. The Hall–Kier alpha value is -0.920. The number of allylic oxidation sites excluding steroid dienone is 2. The predicted molar refractivity (Wildman–Crippen MR) is 31.3 cm³/mol. The van der Waals surface area contributed by atoms with Crippen LogP contribution in [0.5, 0.6) is 0 Å². The van der Waals surface area contributed by atoms with Crippen molar-refractivity contribution in [3.8, 4) is 0 Å². The topological polar surface area (TPSA) is 52.0 Å². The largest absolute Gasteiger partial charge is 0.405 e. The third-order valence-electron chi connectivity index (χ3n) is 0.544. The second kappa shape index (κ2) is 5.08. The monoisotopic (exact) mass is 98.1 g/mol. The molecule has 2 heteroatoms. The molecule has 0 atom stereocenters. The lowest BCUT2D eigenvalue weighted by atomic mass is 10.4. The molecule has 0 aliphatic carbocycles. The Kier molecular flexibility index (Phi) is 4.41. The van der Waals surface area contributed by atoms with Gasteiger partial charge in [-0.15, -0.1) is 0 Å².